The van der Waals surface area contributed by atoms with Crippen LogP contribution in [0.25, 0.3) is 11.4 Å². The molecule has 0 aliphatic heterocycles. The molecule has 0 bridgehead atoms. The van der Waals surface area contributed by atoms with Crippen LogP contribution >= 0.6 is 0 Å². The van der Waals surface area contributed by atoms with Gasteiger partial charge in [0.15, 0.2) is 0 Å². The number of hydrogen-bond donors (Lipinski definition) is 1. The predicted octanol–water partition coefficient (Wildman–Crippen LogP) is 2.48. The van der Waals surface area contributed by atoms with Crippen molar-refractivity contribution in [2.24, 2.45) is 5.73 Å². The van der Waals surface area contributed by atoms with Gasteiger partial charge in [-0.15, -0.1) is 0 Å². The van der Waals surface area contributed by atoms with E-state index in [1.54, 1.807) is 6.07 Å². The standard InChI is InChI=1S/C13H14FN3/c14-10-3-1-2-9(6-10)13-16-11(7-15)8-17(13)12-4-5-12/h1-3,6,8,12H,4-5,7,15H2. The molecular formula is C13H14FN3. The van der Waals surface area contributed by atoms with Crippen LogP contribution in [0.3, 0.4) is 0 Å². The monoisotopic (exact) mass is 231 g/mol. The number of imidazole rings is 1. The van der Waals surface area contributed by atoms with Crippen LogP contribution in [0.1, 0.15) is 24.6 Å². The molecule has 1 aromatic carbocycles. The van der Waals surface area contributed by atoms with Crippen molar-refractivity contribution >= 4 is 0 Å². The van der Waals surface area contributed by atoms with Crippen molar-refractivity contribution in [3.8, 4) is 11.4 Å². The van der Waals surface area contributed by atoms with Gasteiger partial charge in [-0.2, -0.15) is 0 Å². The van der Waals surface area contributed by atoms with E-state index in [-0.39, 0.29) is 5.82 Å². The molecule has 3 rings (SSSR count). The fourth-order valence-corrected chi connectivity index (χ4v) is 2.01. The van der Waals surface area contributed by atoms with Gasteiger partial charge in [-0.05, 0) is 25.0 Å². The summed E-state index contributed by atoms with van der Waals surface area (Å²) < 4.78 is 15.4. The van der Waals surface area contributed by atoms with Crippen LogP contribution in [0, 0.1) is 5.82 Å². The normalized spacial score (nSPS) is 15.2. The molecule has 0 radical (unpaired) electrons. The molecule has 17 heavy (non-hydrogen) atoms. The van der Waals surface area contributed by atoms with Crippen molar-refractivity contribution in [1.82, 2.24) is 9.55 Å². The highest BCUT2D eigenvalue weighted by atomic mass is 19.1. The predicted molar refractivity (Wildman–Crippen MR) is 63.8 cm³/mol. The summed E-state index contributed by atoms with van der Waals surface area (Å²) in [5, 5.41) is 0. The van der Waals surface area contributed by atoms with Crippen LogP contribution in [0.4, 0.5) is 4.39 Å². The number of rotatable bonds is 3. The van der Waals surface area contributed by atoms with Crippen LogP contribution in [0.15, 0.2) is 30.5 Å². The first-order valence-electron chi connectivity index (χ1n) is 5.81. The van der Waals surface area contributed by atoms with Crippen LogP contribution in [0.2, 0.25) is 0 Å². The van der Waals surface area contributed by atoms with E-state index in [1.807, 2.05) is 12.3 Å². The third-order valence-corrected chi connectivity index (χ3v) is 3.01. The van der Waals surface area contributed by atoms with Crippen molar-refractivity contribution in [1.29, 1.82) is 0 Å². The third kappa shape index (κ3) is 1.96. The first-order chi connectivity index (χ1) is 8.28. The Balaban J connectivity index is 2.09. The maximum atomic E-state index is 13.2. The van der Waals surface area contributed by atoms with Gasteiger partial charge in [-0.1, -0.05) is 12.1 Å². The Morgan fingerprint density at radius 3 is 2.88 bits per heavy atom. The summed E-state index contributed by atoms with van der Waals surface area (Å²) in [4.78, 5) is 4.47. The molecule has 2 aromatic rings. The molecule has 2 N–H and O–H groups in total. The van der Waals surface area contributed by atoms with Gasteiger partial charge in [0.25, 0.3) is 0 Å². The molecule has 1 aliphatic rings. The van der Waals surface area contributed by atoms with Crippen LogP contribution in [-0.4, -0.2) is 9.55 Å². The van der Waals surface area contributed by atoms with Crippen LogP contribution in [-0.2, 0) is 6.54 Å². The van der Waals surface area contributed by atoms with Crippen molar-refractivity contribution in [2.45, 2.75) is 25.4 Å². The van der Waals surface area contributed by atoms with E-state index in [2.05, 4.69) is 9.55 Å². The van der Waals surface area contributed by atoms with Crippen LogP contribution in [0.5, 0.6) is 0 Å². The molecule has 0 spiro atoms. The maximum Gasteiger partial charge on any atom is 0.140 e. The average molecular weight is 231 g/mol. The zero-order chi connectivity index (χ0) is 11.8. The van der Waals surface area contributed by atoms with Gasteiger partial charge < -0.3 is 10.3 Å². The summed E-state index contributed by atoms with van der Waals surface area (Å²) in [6, 6.07) is 7.06. The summed E-state index contributed by atoms with van der Waals surface area (Å²) in [6.45, 7) is 0.419. The van der Waals surface area contributed by atoms with E-state index in [9.17, 15) is 4.39 Å². The molecule has 1 heterocycles. The number of nitrogens with zero attached hydrogens (tertiary/aromatic N) is 2. The Bertz CT molecular complexity index is 543. The SMILES string of the molecule is NCc1cn(C2CC2)c(-c2cccc(F)c2)n1. The van der Waals surface area contributed by atoms with E-state index in [0.29, 0.717) is 12.6 Å². The maximum absolute atomic E-state index is 13.2. The van der Waals surface area contributed by atoms with E-state index in [4.69, 9.17) is 5.73 Å². The molecule has 4 heteroatoms. The van der Waals surface area contributed by atoms with Gasteiger partial charge in [0.2, 0.25) is 0 Å². The molecule has 3 nitrogen and oxygen atoms in total. The summed E-state index contributed by atoms with van der Waals surface area (Å²) >= 11 is 0. The Labute approximate surface area is 99.1 Å². The minimum atomic E-state index is -0.234. The Morgan fingerprint density at radius 2 is 2.24 bits per heavy atom. The molecule has 0 saturated heterocycles. The summed E-state index contributed by atoms with van der Waals surface area (Å²) in [5.41, 5.74) is 7.28. The van der Waals surface area contributed by atoms with E-state index < -0.39 is 0 Å². The van der Waals surface area contributed by atoms with Gasteiger partial charge in [0, 0.05) is 24.3 Å². The Hall–Kier alpha value is -1.68. The van der Waals surface area contributed by atoms with Crippen molar-refractivity contribution < 1.29 is 4.39 Å². The van der Waals surface area contributed by atoms with Gasteiger partial charge in [0.05, 0.1) is 5.69 Å². The lowest BCUT2D eigenvalue weighted by atomic mass is 10.2. The molecule has 88 valence electrons. The highest BCUT2D eigenvalue weighted by Crippen LogP contribution is 2.38. The lowest BCUT2D eigenvalue weighted by Crippen LogP contribution is -1.96. The second-order valence-corrected chi connectivity index (χ2v) is 4.41. The van der Waals surface area contributed by atoms with Crippen LogP contribution < -0.4 is 5.73 Å². The van der Waals surface area contributed by atoms with Crippen molar-refractivity contribution in [3.63, 3.8) is 0 Å². The zero-order valence-corrected chi connectivity index (χ0v) is 9.44. The molecule has 0 atom stereocenters. The molecule has 1 aromatic heterocycles. The largest absolute Gasteiger partial charge is 0.328 e. The number of nitrogens with two attached hydrogens (primary N) is 1. The fraction of sp³-hybridized carbons (Fsp3) is 0.308. The molecule has 1 fully saturated rings. The number of aromatic nitrogens is 2. The second kappa shape index (κ2) is 3.96. The fourth-order valence-electron chi connectivity index (χ4n) is 2.01. The highest BCUT2D eigenvalue weighted by molar-refractivity contribution is 5.56. The van der Waals surface area contributed by atoms with Gasteiger partial charge >= 0.3 is 0 Å². The average Bonchev–Trinajstić information content (AvgIpc) is 3.08. The second-order valence-electron chi connectivity index (χ2n) is 4.41. The smallest absolute Gasteiger partial charge is 0.140 e. The molecule has 1 aliphatic carbocycles. The lowest BCUT2D eigenvalue weighted by molar-refractivity contribution is 0.627. The summed E-state index contributed by atoms with van der Waals surface area (Å²) in [6.07, 6.45) is 4.32. The first-order valence-corrected chi connectivity index (χ1v) is 5.81. The summed E-state index contributed by atoms with van der Waals surface area (Å²) in [5.74, 6) is 0.592. The van der Waals surface area contributed by atoms with Gasteiger partial charge in [0.1, 0.15) is 11.6 Å². The Morgan fingerprint density at radius 1 is 1.41 bits per heavy atom. The quantitative estimate of drug-likeness (QED) is 0.882. The molecule has 0 amide bonds. The van der Waals surface area contributed by atoms with E-state index >= 15 is 0 Å². The molecular weight excluding hydrogens is 217 g/mol. The highest BCUT2D eigenvalue weighted by Gasteiger charge is 2.26. The van der Waals surface area contributed by atoms with Crippen molar-refractivity contribution in [2.75, 3.05) is 0 Å². The van der Waals surface area contributed by atoms with Crippen molar-refractivity contribution in [3.05, 3.63) is 42.0 Å². The topological polar surface area (TPSA) is 43.8 Å². The van der Waals surface area contributed by atoms with Gasteiger partial charge in [-0.3, -0.25) is 0 Å². The Kier molecular flexibility index (Phi) is 2.44. The first kappa shape index (κ1) is 10.5. The van der Waals surface area contributed by atoms with Gasteiger partial charge in [-0.25, -0.2) is 9.37 Å². The number of halogens is 1. The lowest BCUT2D eigenvalue weighted by Gasteiger charge is -2.05. The molecule has 1 saturated carbocycles. The minimum absolute atomic E-state index is 0.234. The summed E-state index contributed by atoms with van der Waals surface area (Å²) in [7, 11) is 0. The number of benzene rings is 1. The zero-order valence-electron chi connectivity index (χ0n) is 9.44. The third-order valence-electron chi connectivity index (χ3n) is 3.01. The minimum Gasteiger partial charge on any atom is -0.328 e. The molecule has 0 unspecified atom stereocenters. The number of hydrogen-bond acceptors (Lipinski definition) is 2. The van der Waals surface area contributed by atoms with E-state index in [0.717, 1.165) is 17.1 Å². The van der Waals surface area contributed by atoms with E-state index in [1.165, 1.54) is 25.0 Å².